The quantitative estimate of drug-likeness (QED) is 0.575. The molecule has 1 aliphatic heterocycles. The smallest absolute Gasteiger partial charge is 0.157 e. The number of halogens is 3. The van der Waals surface area contributed by atoms with Crippen LogP contribution in [0.1, 0.15) is 30.9 Å². The van der Waals surface area contributed by atoms with Crippen molar-refractivity contribution in [1.82, 2.24) is 9.88 Å². The Morgan fingerprint density at radius 2 is 1.81 bits per heavy atom. The second kappa shape index (κ2) is 8.51. The zero-order valence-corrected chi connectivity index (χ0v) is 16.9. The topological polar surface area (TPSA) is 25.4 Å². The van der Waals surface area contributed by atoms with Gasteiger partial charge in [-0.15, -0.1) is 0 Å². The van der Waals surface area contributed by atoms with Crippen LogP contribution in [0.5, 0.6) is 5.75 Å². The Morgan fingerprint density at radius 1 is 1.15 bits per heavy atom. The van der Waals surface area contributed by atoms with Crippen molar-refractivity contribution in [3.63, 3.8) is 0 Å². The number of aromatic nitrogens is 1. The summed E-state index contributed by atoms with van der Waals surface area (Å²) in [7, 11) is 0. The van der Waals surface area contributed by atoms with Crippen LogP contribution in [0.15, 0.2) is 37.2 Å². The fourth-order valence-electron chi connectivity index (χ4n) is 3.01. The molecule has 1 saturated heterocycles. The number of benzene rings is 1. The van der Waals surface area contributed by atoms with Crippen molar-refractivity contribution in [3.05, 3.63) is 63.4 Å². The highest BCUT2D eigenvalue weighted by molar-refractivity contribution is 6.40. The first kappa shape index (κ1) is 19.3. The largest absolute Gasteiger partial charge is 0.486 e. The Labute approximate surface area is 169 Å². The zero-order chi connectivity index (χ0) is 18.7. The predicted octanol–water partition coefficient (Wildman–Crippen LogP) is 6.32. The van der Waals surface area contributed by atoms with E-state index in [0.29, 0.717) is 27.4 Å². The molecule has 0 saturated carbocycles. The van der Waals surface area contributed by atoms with Gasteiger partial charge in [0.1, 0.15) is 6.61 Å². The van der Waals surface area contributed by atoms with Crippen LogP contribution in [0, 0.1) is 5.92 Å². The molecule has 1 aromatic heterocycles. The van der Waals surface area contributed by atoms with E-state index >= 15 is 0 Å². The number of hydrogen-bond donors (Lipinski definition) is 0. The standard InChI is InChI=1S/C20H21Cl3N2O/c1-13-3-5-25(6-4-13)14(2)16-7-15(10-24-11-16)12-26-20-18(22)8-17(21)9-19(20)23/h7-11,13H,2-6,12H2,1H3. The van der Waals surface area contributed by atoms with Crippen LogP contribution in [0.4, 0.5) is 0 Å². The van der Waals surface area contributed by atoms with Gasteiger partial charge in [-0.3, -0.25) is 4.98 Å². The van der Waals surface area contributed by atoms with E-state index in [1.165, 1.54) is 12.8 Å². The Hall–Kier alpha value is -1.42. The molecule has 0 bridgehead atoms. The normalized spacial score (nSPS) is 15.2. The molecule has 0 spiro atoms. The van der Waals surface area contributed by atoms with Crippen LogP contribution in [0.25, 0.3) is 5.70 Å². The fraction of sp³-hybridized carbons (Fsp3) is 0.350. The summed E-state index contributed by atoms with van der Waals surface area (Å²) in [5.74, 6) is 1.21. The summed E-state index contributed by atoms with van der Waals surface area (Å²) in [5, 5.41) is 1.25. The van der Waals surface area contributed by atoms with Crippen LogP contribution in [-0.4, -0.2) is 23.0 Å². The Morgan fingerprint density at radius 3 is 2.46 bits per heavy atom. The van der Waals surface area contributed by atoms with Crippen molar-refractivity contribution in [3.8, 4) is 5.75 Å². The molecule has 0 atom stereocenters. The van der Waals surface area contributed by atoms with E-state index in [-0.39, 0.29) is 0 Å². The highest BCUT2D eigenvalue weighted by Gasteiger charge is 2.18. The van der Waals surface area contributed by atoms with E-state index in [1.807, 2.05) is 12.3 Å². The van der Waals surface area contributed by atoms with E-state index in [1.54, 1.807) is 18.3 Å². The second-order valence-corrected chi connectivity index (χ2v) is 7.94. The molecule has 6 heteroatoms. The van der Waals surface area contributed by atoms with Gasteiger partial charge < -0.3 is 9.64 Å². The van der Waals surface area contributed by atoms with E-state index < -0.39 is 0 Å². The van der Waals surface area contributed by atoms with Crippen LogP contribution < -0.4 is 4.74 Å². The molecule has 0 unspecified atom stereocenters. The van der Waals surface area contributed by atoms with Gasteiger partial charge in [0.2, 0.25) is 0 Å². The second-order valence-electron chi connectivity index (χ2n) is 6.69. The van der Waals surface area contributed by atoms with Crippen LogP contribution >= 0.6 is 34.8 Å². The number of likely N-dealkylation sites (tertiary alicyclic amines) is 1. The molecule has 2 aromatic rings. The summed E-state index contributed by atoms with van der Waals surface area (Å²) in [6.45, 7) is 8.95. The van der Waals surface area contributed by atoms with Gasteiger partial charge in [0.25, 0.3) is 0 Å². The van der Waals surface area contributed by atoms with Gasteiger partial charge in [0, 0.05) is 47.3 Å². The Kier molecular flexibility index (Phi) is 6.33. The number of piperidine rings is 1. The average Bonchev–Trinajstić information content (AvgIpc) is 2.61. The van der Waals surface area contributed by atoms with Gasteiger partial charge >= 0.3 is 0 Å². The monoisotopic (exact) mass is 410 g/mol. The molecule has 0 radical (unpaired) electrons. The number of hydrogen-bond acceptors (Lipinski definition) is 3. The van der Waals surface area contributed by atoms with E-state index in [0.717, 1.165) is 35.8 Å². The molecule has 138 valence electrons. The molecule has 1 aromatic carbocycles. The lowest BCUT2D eigenvalue weighted by Crippen LogP contribution is -2.31. The minimum Gasteiger partial charge on any atom is -0.486 e. The number of nitrogens with zero attached hydrogens (tertiary/aromatic N) is 2. The van der Waals surface area contributed by atoms with Gasteiger partial charge in [-0.25, -0.2) is 0 Å². The lowest BCUT2D eigenvalue weighted by molar-refractivity contribution is 0.268. The number of ether oxygens (including phenoxy) is 1. The summed E-state index contributed by atoms with van der Waals surface area (Å²) in [5.41, 5.74) is 2.94. The molecule has 1 aliphatic rings. The summed E-state index contributed by atoms with van der Waals surface area (Å²) < 4.78 is 5.80. The lowest BCUT2D eigenvalue weighted by atomic mass is 9.98. The molecule has 1 fully saturated rings. The van der Waals surface area contributed by atoms with Gasteiger partial charge in [0.05, 0.1) is 10.0 Å². The first-order chi connectivity index (χ1) is 12.4. The molecule has 3 rings (SSSR count). The first-order valence-corrected chi connectivity index (χ1v) is 9.73. The van der Waals surface area contributed by atoms with Crippen molar-refractivity contribution >= 4 is 40.5 Å². The summed E-state index contributed by atoms with van der Waals surface area (Å²) in [6.07, 6.45) is 6.00. The summed E-state index contributed by atoms with van der Waals surface area (Å²) in [4.78, 5) is 6.66. The molecule has 0 aliphatic carbocycles. The summed E-state index contributed by atoms with van der Waals surface area (Å²) in [6, 6.07) is 5.27. The van der Waals surface area contributed by atoms with E-state index in [9.17, 15) is 0 Å². The minimum atomic E-state index is 0.312. The molecule has 2 heterocycles. The molecule has 26 heavy (non-hydrogen) atoms. The van der Waals surface area contributed by atoms with Gasteiger partial charge in [-0.2, -0.15) is 0 Å². The van der Waals surface area contributed by atoms with Crippen molar-refractivity contribution in [2.45, 2.75) is 26.4 Å². The third-order valence-corrected chi connectivity index (χ3v) is 5.42. The van der Waals surface area contributed by atoms with Gasteiger partial charge in [0.15, 0.2) is 5.75 Å². The van der Waals surface area contributed by atoms with Crippen molar-refractivity contribution in [2.75, 3.05) is 13.1 Å². The molecular formula is C20H21Cl3N2O. The van der Waals surface area contributed by atoms with E-state index in [2.05, 4.69) is 23.4 Å². The Balaban J connectivity index is 1.69. The third-order valence-electron chi connectivity index (χ3n) is 4.64. The minimum absolute atomic E-state index is 0.312. The van der Waals surface area contributed by atoms with Crippen molar-refractivity contribution in [2.24, 2.45) is 5.92 Å². The highest BCUT2D eigenvalue weighted by atomic mass is 35.5. The maximum Gasteiger partial charge on any atom is 0.157 e. The SMILES string of the molecule is C=C(c1cncc(COc2c(Cl)cc(Cl)cc2Cl)c1)N1CCC(C)CC1. The number of pyridine rings is 1. The highest BCUT2D eigenvalue weighted by Crippen LogP contribution is 2.36. The molecular weight excluding hydrogens is 391 g/mol. The van der Waals surface area contributed by atoms with Gasteiger partial charge in [-0.05, 0) is 37.0 Å². The van der Waals surface area contributed by atoms with Crippen LogP contribution in [-0.2, 0) is 6.61 Å². The maximum absolute atomic E-state index is 6.17. The Bertz CT molecular complexity index is 778. The maximum atomic E-state index is 6.17. The summed E-state index contributed by atoms with van der Waals surface area (Å²) >= 11 is 18.3. The molecule has 3 nitrogen and oxygen atoms in total. The first-order valence-electron chi connectivity index (χ1n) is 8.59. The molecule has 0 N–H and O–H groups in total. The predicted molar refractivity (Wildman–Crippen MR) is 109 cm³/mol. The number of rotatable bonds is 5. The zero-order valence-electron chi connectivity index (χ0n) is 14.6. The third kappa shape index (κ3) is 4.64. The fourth-order valence-corrected chi connectivity index (χ4v) is 3.93. The average molecular weight is 412 g/mol. The van der Waals surface area contributed by atoms with Gasteiger partial charge in [-0.1, -0.05) is 48.3 Å². The van der Waals surface area contributed by atoms with Crippen molar-refractivity contribution < 1.29 is 4.74 Å². The van der Waals surface area contributed by atoms with Crippen LogP contribution in [0.2, 0.25) is 15.1 Å². The van der Waals surface area contributed by atoms with E-state index in [4.69, 9.17) is 39.5 Å². The molecule has 0 amide bonds. The van der Waals surface area contributed by atoms with Crippen molar-refractivity contribution in [1.29, 1.82) is 0 Å². The van der Waals surface area contributed by atoms with Crippen LogP contribution in [0.3, 0.4) is 0 Å². The lowest BCUT2D eigenvalue weighted by Gasteiger charge is -2.33.